The Labute approximate surface area is 188 Å². The molecule has 0 spiro atoms. The quantitative estimate of drug-likeness (QED) is 0.423. The monoisotopic (exact) mass is 444 g/mol. The van der Waals surface area contributed by atoms with Gasteiger partial charge in [0.05, 0.1) is 19.8 Å². The molecule has 2 nitrogen and oxygen atoms in total. The van der Waals surface area contributed by atoms with Crippen molar-refractivity contribution in [2.45, 2.75) is 75.5 Å². The third-order valence-electron chi connectivity index (χ3n) is 6.88. The second-order valence-electron chi connectivity index (χ2n) is 8.66. The van der Waals surface area contributed by atoms with E-state index in [0.717, 1.165) is 33.4 Å². The minimum absolute atomic E-state index is 0.335. The molecule has 4 heteroatoms. The van der Waals surface area contributed by atoms with Gasteiger partial charge in [-0.3, -0.25) is 0 Å². The molecule has 0 aliphatic heterocycles. The summed E-state index contributed by atoms with van der Waals surface area (Å²) in [5.74, 6) is 1.72. The highest BCUT2D eigenvalue weighted by Gasteiger charge is 2.35. The van der Waals surface area contributed by atoms with Gasteiger partial charge in [-0.2, -0.15) is 0 Å². The summed E-state index contributed by atoms with van der Waals surface area (Å²) >= 11 is 7.04. The number of ether oxygens (including phenoxy) is 2. The van der Waals surface area contributed by atoms with E-state index in [2.05, 4.69) is 18.2 Å². The highest BCUT2D eigenvalue weighted by molar-refractivity contribution is 7.67. The molecular weight excluding hydrogens is 411 g/mol. The van der Waals surface area contributed by atoms with Crippen LogP contribution in [0.5, 0.6) is 11.5 Å². The van der Waals surface area contributed by atoms with Crippen molar-refractivity contribution < 1.29 is 9.47 Å². The molecule has 0 saturated heterocycles. The summed E-state index contributed by atoms with van der Waals surface area (Å²) in [6, 6.07) is 12.5. The van der Waals surface area contributed by atoms with Crippen molar-refractivity contribution in [3.8, 4) is 22.6 Å². The largest absolute Gasteiger partial charge is 0.496 e. The predicted molar refractivity (Wildman–Crippen MR) is 130 cm³/mol. The number of benzene rings is 2. The van der Waals surface area contributed by atoms with Crippen LogP contribution in [-0.4, -0.2) is 25.5 Å². The first-order chi connectivity index (χ1) is 14.7. The zero-order valence-electron chi connectivity index (χ0n) is 18.3. The molecule has 0 atom stereocenters. The normalized spacial score (nSPS) is 18.5. The molecular formula is C26H34ClO2P. The van der Waals surface area contributed by atoms with Gasteiger partial charge in [0.25, 0.3) is 0 Å². The lowest BCUT2D eigenvalue weighted by Gasteiger charge is -2.40. The fraction of sp³-hybridized carbons (Fsp3) is 0.538. The van der Waals surface area contributed by atoms with Gasteiger partial charge in [-0.15, -0.1) is 0 Å². The maximum absolute atomic E-state index is 7.04. The van der Waals surface area contributed by atoms with Gasteiger partial charge in [-0.1, -0.05) is 76.2 Å². The van der Waals surface area contributed by atoms with Crippen LogP contribution < -0.4 is 14.8 Å². The molecule has 0 unspecified atom stereocenters. The van der Waals surface area contributed by atoms with Crippen molar-refractivity contribution in [3.63, 3.8) is 0 Å². The fourth-order valence-corrected chi connectivity index (χ4v) is 9.90. The van der Waals surface area contributed by atoms with Gasteiger partial charge in [-0.05, 0) is 60.8 Å². The SMILES string of the molecule is COc1cccc(OC)c1-c1cccc(Cl)c1P(C1CCCCC1)C1CCCCC1. The van der Waals surface area contributed by atoms with Crippen molar-refractivity contribution in [2.24, 2.45) is 0 Å². The molecule has 0 amide bonds. The molecule has 2 aliphatic carbocycles. The summed E-state index contributed by atoms with van der Waals surface area (Å²) in [7, 11) is 3.15. The van der Waals surface area contributed by atoms with Crippen molar-refractivity contribution in [1.82, 2.24) is 0 Å². The topological polar surface area (TPSA) is 18.5 Å². The molecule has 0 aromatic heterocycles. The van der Waals surface area contributed by atoms with Crippen molar-refractivity contribution in [3.05, 3.63) is 41.4 Å². The fourth-order valence-electron chi connectivity index (χ4n) is 5.48. The second-order valence-corrected chi connectivity index (χ2v) is 11.8. The van der Waals surface area contributed by atoms with E-state index in [-0.39, 0.29) is 7.92 Å². The smallest absolute Gasteiger partial charge is 0.130 e. The van der Waals surface area contributed by atoms with Crippen LogP contribution in [0.3, 0.4) is 0 Å². The molecule has 2 aromatic carbocycles. The second kappa shape index (κ2) is 10.4. The van der Waals surface area contributed by atoms with Crippen LogP contribution in [0.1, 0.15) is 64.2 Å². The molecule has 0 heterocycles. The average Bonchev–Trinajstić information content (AvgIpc) is 2.81. The Bertz CT molecular complexity index is 801. The third-order valence-corrected chi connectivity index (χ3v) is 10.9. The third kappa shape index (κ3) is 4.51. The standard InChI is InChI=1S/C26H34ClO2P/c1-28-23-17-10-18-24(29-2)25(23)21-15-9-16-22(27)26(21)30(19-11-5-3-6-12-19)20-13-7-4-8-14-20/h9-10,15-20H,3-8,11-14H2,1-2H3. The van der Waals surface area contributed by atoms with Gasteiger partial charge >= 0.3 is 0 Å². The molecule has 0 radical (unpaired) electrons. The highest BCUT2D eigenvalue weighted by Crippen LogP contribution is 2.58. The van der Waals surface area contributed by atoms with Crippen LogP contribution in [-0.2, 0) is 0 Å². The molecule has 2 aliphatic rings. The number of rotatable bonds is 6. The van der Waals surface area contributed by atoms with Crippen LogP contribution in [0.4, 0.5) is 0 Å². The summed E-state index contributed by atoms with van der Waals surface area (Å²) < 4.78 is 11.6. The molecule has 0 N–H and O–H groups in total. The van der Waals surface area contributed by atoms with Gasteiger partial charge in [0.2, 0.25) is 0 Å². The van der Waals surface area contributed by atoms with Crippen LogP contribution in [0.25, 0.3) is 11.1 Å². The number of hydrogen-bond donors (Lipinski definition) is 0. The Balaban J connectivity index is 1.88. The molecule has 0 bridgehead atoms. The Morgan fingerprint density at radius 2 is 1.23 bits per heavy atom. The van der Waals surface area contributed by atoms with E-state index in [0.29, 0.717) is 0 Å². The molecule has 2 fully saturated rings. The number of methoxy groups -OCH3 is 2. The lowest BCUT2D eigenvalue weighted by atomic mass is 9.99. The van der Waals surface area contributed by atoms with E-state index in [1.807, 2.05) is 18.2 Å². The lowest BCUT2D eigenvalue weighted by molar-refractivity contribution is 0.397. The van der Waals surface area contributed by atoms with Gasteiger partial charge < -0.3 is 9.47 Å². The van der Waals surface area contributed by atoms with Gasteiger partial charge in [0, 0.05) is 10.3 Å². The predicted octanol–water partition coefficient (Wildman–Crippen LogP) is 7.80. The van der Waals surface area contributed by atoms with Gasteiger partial charge in [-0.25, -0.2) is 0 Å². The first-order valence-corrected chi connectivity index (χ1v) is 13.4. The Morgan fingerprint density at radius 1 is 0.733 bits per heavy atom. The summed E-state index contributed by atoms with van der Waals surface area (Å²) in [5.41, 5.74) is 3.85. The molecule has 2 saturated carbocycles. The summed E-state index contributed by atoms with van der Waals surface area (Å²) in [6.45, 7) is 0. The Kier molecular flexibility index (Phi) is 7.60. The maximum Gasteiger partial charge on any atom is 0.130 e. The maximum atomic E-state index is 7.04. The van der Waals surface area contributed by atoms with Gasteiger partial charge in [0.15, 0.2) is 0 Å². The van der Waals surface area contributed by atoms with Crippen molar-refractivity contribution in [1.29, 1.82) is 0 Å². The summed E-state index contributed by atoms with van der Waals surface area (Å²) in [4.78, 5) is 0. The van der Waals surface area contributed by atoms with Crippen LogP contribution in [0, 0.1) is 0 Å². The number of halogens is 1. The van der Waals surface area contributed by atoms with Crippen LogP contribution in [0.15, 0.2) is 36.4 Å². The molecule has 30 heavy (non-hydrogen) atoms. The van der Waals surface area contributed by atoms with Crippen molar-refractivity contribution >= 4 is 24.8 Å². The summed E-state index contributed by atoms with van der Waals surface area (Å²) in [5, 5.41) is 2.33. The van der Waals surface area contributed by atoms with E-state index in [1.165, 1.54) is 75.1 Å². The zero-order valence-corrected chi connectivity index (χ0v) is 20.0. The Hall–Kier alpha value is -1.24. The Morgan fingerprint density at radius 3 is 1.73 bits per heavy atom. The van der Waals surface area contributed by atoms with Crippen LogP contribution >= 0.6 is 19.5 Å². The minimum Gasteiger partial charge on any atom is -0.496 e. The van der Waals surface area contributed by atoms with E-state index in [9.17, 15) is 0 Å². The minimum atomic E-state index is -0.335. The van der Waals surface area contributed by atoms with Crippen LogP contribution in [0.2, 0.25) is 5.02 Å². The summed E-state index contributed by atoms with van der Waals surface area (Å²) in [6.07, 6.45) is 13.7. The first-order valence-electron chi connectivity index (χ1n) is 11.5. The molecule has 4 rings (SSSR count). The van der Waals surface area contributed by atoms with E-state index < -0.39 is 0 Å². The lowest BCUT2D eigenvalue weighted by Crippen LogP contribution is -2.27. The zero-order chi connectivity index (χ0) is 20.9. The molecule has 2 aromatic rings. The van der Waals surface area contributed by atoms with Gasteiger partial charge in [0.1, 0.15) is 11.5 Å². The van der Waals surface area contributed by atoms with Crippen molar-refractivity contribution in [2.75, 3.05) is 14.2 Å². The first kappa shape index (κ1) is 22.0. The highest BCUT2D eigenvalue weighted by atomic mass is 35.5. The van der Waals surface area contributed by atoms with E-state index in [4.69, 9.17) is 21.1 Å². The van der Waals surface area contributed by atoms with E-state index >= 15 is 0 Å². The molecule has 162 valence electrons. The van der Waals surface area contributed by atoms with E-state index in [1.54, 1.807) is 14.2 Å². The number of hydrogen-bond acceptors (Lipinski definition) is 2. The average molecular weight is 445 g/mol.